The highest BCUT2D eigenvalue weighted by molar-refractivity contribution is 5.94. The van der Waals surface area contributed by atoms with Crippen LogP contribution in [0.4, 0.5) is 0 Å². The Morgan fingerprint density at radius 1 is 1.31 bits per heavy atom. The molecule has 0 radical (unpaired) electrons. The van der Waals surface area contributed by atoms with Crippen LogP contribution in [0, 0.1) is 0 Å². The first-order valence-corrected chi connectivity index (χ1v) is 5.53. The molecule has 1 amide bonds. The van der Waals surface area contributed by atoms with E-state index in [1.165, 1.54) is 11.1 Å². The molecule has 3 heteroatoms. The second kappa shape index (κ2) is 4.94. The fourth-order valence-corrected chi connectivity index (χ4v) is 1.86. The minimum absolute atomic E-state index is 0.0363. The molecule has 0 saturated heterocycles. The number of carbonyl (C=O) groups excluding carboxylic acids is 1. The molecule has 2 N–H and O–H groups in total. The summed E-state index contributed by atoms with van der Waals surface area (Å²) in [6.45, 7) is 1.97. The van der Waals surface area contributed by atoms with Gasteiger partial charge in [-0.05, 0) is 36.2 Å². The van der Waals surface area contributed by atoms with Gasteiger partial charge in [0.15, 0.2) is 0 Å². The number of carbonyl (C=O) groups is 1. The molecule has 0 fully saturated rings. The number of hydrogen-bond donors (Lipinski definition) is 2. The summed E-state index contributed by atoms with van der Waals surface area (Å²) in [5.74, 6) is -0.0363. The Bertz CT molecular complexity index is 406. The monoisotopic (exact) mass is 216 g/mol. The third kappa shape index (κ3) is 2.31. The third-order valence-electron chi connectivity index (χ3n) is 2.81. The van der Waals surface area contributed by atoms with Gasteiger partial charge in [0.2, 0.25) is 0 Å². The predicted octanol–water partition coefficient (Wildman–Crippen LogP) is 1.42. The highest BCUT2D eigenvalue weighted by Crippen LogP contribution is 2.19. The summed E-state index contributed by atoms with van der Waals surface area (Å²) >= 11 is 0. The summed E-state index contributed by atoms with van der Waals surface area (Å²) in [5, 5.41) is 5.90. The Hall–Kier alpha value is -1.61. The molecule has 1 aliphatic heterocycles. The maximum atomic E-state index is 11.4. The molecular formula is C13H16N2O. The Balaban J connectivity index is 2.18. The van der Waals surface area contributed by atoms with Crippen molar-refractivity contribution in [2.45, 2.75) is 6.42 Å². The molecule has 1 heterocycles. The third-order valence-corrected chi connectivity index (χ3v) is 2.81. The van der Waals surface area contributed by atoms with Crippen LogP contribution in [0.5, 0.6) is 0 Å². The molecule has 0 bridgehead atoms. The van der Waals surface area contributed by atoms with Gasteiger partial charge in [0.1, 0.15) is 0 Å². The lowest BCUT2D eigenvalue weighted by Crippen LogP contribution is -2.20. The van der Waals surface area contributed by atoms with E-state index in [4.69, 9.17) is 0 Å². The van der Waals surface area contributed by atoms with Crippen LogP contribution >= 0.6 is 0 Å². The lowest BCUT2D eigenvalue weighted by molar-refractivity contribution is 0.0963. The standard InChI is InChI=1S/C13H16N2O/c1-14-13(16)12-4-2-10(3-5-12)11-6-8-15-9-7-11/h2-6,15H,7-9H2,1H3,(H,14,16). The first-order chi connectivity index (χ1) is 7.81. The van der Waals surface area contributed by atoms with Crippen LogP contribution < -0.4 is 10.6 Å². The summed E-state index contributed by atoms with van der Waals surface area (Å²) in [6, 6.07) is 7.78. The highest BCUT2D eigenvalue weighted by atomic mass is 16.1. The summed E-state index contributed by atoms with van der Waals surface area (Å²) in [6.07, 6.45) is 3.26. The average molecular weight is 216 g/mol. The van der Waals surface area contributed by atoms with Crippen molar-refractivity contribution in [1.29, 1.82) is 0 Å². The summed E-state index contributed by atoms with van der Waals surface area (Å²) in [4.78, 5) is 11.4. The molecule has 1 aliphatic rings. The smallest absolute Gasteiger partial charge is 0.251 e. The molecule has 0 aliphatic carbocycles. The molecule has 0 atom stereocenters. The zero-order valence-corrected chi connectivity index (χ0v) is 9.42. The van der Waals surface area contributed by atoms with E-state index >= 15 is 0 Å². The van der Waals surface area contributed by atoms with Gasteiger partial charge in [-0.15, -0.1) is 0 Å². The molecule has 2 rings (SSSR count). The zero-order valence-electron chi connectivity index (χ0n) is 9.42. The molecular weight excluding hydrogens is 200 g/mol. The van der Waals surface area contributed by atoms with Crippen LogP contribution in [0.1, 0.15) is 22.3 Å². The number of rotatable bonds is 2. The Morgan fingerprint density at radius 2 is 2.06 bits per heavy atom. The van der Waals surface area contributed by atoms with Crippen molar-refractivity contribution in [1.82, 2.24) is 10.6 Å². The van der Waals surface area contributed by atoms with E-state index in [2.05, 4.69) is 16.7 Å². The van der Waals surface area contributed by atoms with Gasteiger partial charge in [-0.1, -0.05) is 18.2 Å². The normalized spacial score (nSPS) is 15.4. The molecule has 0 aromatic heterocycles. The minimum atomic E-state index is -0.0363. The van der Waals surface area contributed by atoms with Crippen LogP contribution in [0.15, 0.2) is 30.3 Å². The Morgan fingerprint density at radius 3 is 2.62 bits per heavy atom. The van der Waals surface area contributed by atoms with Crippen molar-refractivity contribution in [3.8, 4) is 0 Å². The van der Waals surface area contributed by atoms with Crippen LogP contribution in [-0.4, -0.2) is 26.0 Å². The van der Waals surface area contributed by atoms with Crippen molar-refractivity contribution < 1.29 is 4.79 Å². The second-order valence-electron chi connectivity index (χ2n) is 3.84. The van der Waals surface area contributed by atoms with Crippen molar-refractivity contribution >= 4 is 11.5 Å². The highest BCUT2D eigenvalue weighted by Gasteiger charge is 2.07. The number of amides is 1. The van der Waals surface area contributed by atoms with Crippen molar-refractivity contribution in [2.24, 2.45) is 0 Å². The quantitative estimate of drug-likeness (QED) is 0.785. The number of benzene rings is 1. The average Bonchev–Trinajstić information content (AvgIpc) is 2.39. The van der Waals surface area contributed by atoms with E-state index in [-0.39, 0.29) is 5.91 Å². The molecule has 0 unspecified atom stereocenters. The lowest BCUT2D eigenvalue weighted by atomic mass is 9.99. The molecule has 1 aromatic rings. The van der Waals surface area contributed by atoms with Gasteiger partial charge in [-0.2, -0.15) is 0 Å². The minimum Gasteiger partial charge on any atom is -0.355 e. The molecule has 84 valence electrons. The van der Waals surface area contributed by atoms with Crippen LogP contribution in [0.25, 0.3) is 5.57 Å². The molecule has 0 saturated carbocycles. The first-order valence-electron chi connectivity index (χ1n) is 5.53. The predicted molar refractivity (Wildman–Crippen MR) is 65.3 cm³/mol. The second-order valence-corrected chi connectivity index (χ2v) is 3.84. The van der Waals surface area contributed by atoms with Crippen LogP contribution in [0.3, 0.4) is 0 Å². The van der Waals surface area contributed by atoms with E-state index < -0.39 is 0 Å². The summed E-state index contributed by atoms with van der Waals surface area (Å²) < 4.78 is 0. The van der Waals surface area contributed by atoms with Crippen molar-refractivity contribution in [3.63, 3.8) is 0 Å². The maximum Gasteiger partial charge on any atom is 0.251 e. The molecule has 16 heavy (non-hydrogen) atoms. The van der Waals surface area contributed by atoms with Gasteiger partial charge >= 0.3 is 0 Å². The first kappa shape index (κ1) is 10.9. The van der Waals surface area contributed by atoms with E-state index in [9.17, 15) is 4.79 Å². The van der Waals surface area contributed by atoms with Crippen molar-refractivity contribution in [3.05, 3.63) is 41.5 Å². The van der Waals surface area contributed by atoms with Gasteiger partial charge in [-0.25, -0.2) is 0 Å². The van der Waals surface area contributed by atoms with Gasteiger partial charge in [0.05, 0.1) is 0 Å². The van der Waals surface area contributed by atoms with E-state index in [0.717, 1.165) is 19.5 Å². The SMILES string of the molecule is CNC(=O)c1ccc(C2=CCNCC2)cc1. The summed E-state index contributed by atoms with van der Waals surface area (Å²) in [7, 11) is 1.64. The van der Waals surface area contributed by atoms with Crippen LogP contribution in [-0.2, 0) is 0 Å². The fourth-order valence-electron chi connectivity index (χ4n) is 1.86. The summed E-state index contributed by atoms with van der Waals surface area (Å²) in [5.41, 5.74) is 3.29. The lowest BCUT2D eigenvalue weighted by Gasteiger charge is -2.14. The molecule has 1 aromatic carbocycles. The van der Waals surface area contributed by atoms with Gasteiger partial charge in [-0.3, -0.25) is 4.79 Å². The Labute approximate surface area is 95.6 Å². The molecule has 3 nitrogen and oxygen atoms in total. The van der Waals surface area contributed by atoms with Gasteiger partial charge in [0, 0.05) is 19.2 Å². The topological polar surface area (TPSA) is 41.1 Å². The maximum absolute atomic E-state index is 11.4. The van der Waals surface area contributed by atoms with Gasteiger partial charge < -0.3 is 10.6 Å². The Kier molecular flexibility index (Phi) is 3.37. The van der Waals surface area contributed by atoms with E-state index in [1.807, 2.05) is 24.3 Å². The number of nitrogens with one attached hydrogen (secondary N) is 2. The molecule has 0 spiro atoms. The zero-order chi connectivity index (χ0) is 11.4. The van der Waals surface area contributed by atoms with E-state index in [1.54, 1.807) is 7.05 Å². The fraction of sp³-hybridized carbons (Fsp3) is 0.308. The van der Waals surface area contributed by atoms with Crippen LogP contribution in [0.2, 0.25) is 0 Å². The largest absolute Gasteiger partial charge is 0.355 e. The van der Waals surface area contributed by atoms with E-state index in [0.29, 0.717) is 5.56 Å². The van der Waals surface area contributed by atoms with Crippen molar-refractivity contribution in [2.75, 3.05) is 20.1 Å². The number of hydrogen-bond acceptors (Lipinski definition) is 2. The van der Waals surface area contributed by atoms with Gasteiger partial charge in [0.25, 0.3) is 5.91 Å².